The second-order valence-corrected chi connectivity index (χ2v) is 12.5. The van der Waals surface area contributed by atoms with Crippen LogP contribution in [-0.2, 0) is 0 Å². The van der Waals surface area contributed by atoms with Crippen LogP contribution in [0.15, 0.2) is 170 Å². The number of hydrogen-bond acceptors (Lipinski definition) is 2. The topological polar surface area (TPSA) is 25.8 Å². The molecule has 0 aliphatic heterocycles. The molecule has 8 aromatic carbocycles. The molecule has 0 fully saturated rings. The molecule has 2 heteroatoms. The Labute approximate surface area is 277 Å². The zero-order valence-corrected chi connectivity index (χ0v) is 26.1. The van der Waals surface area contributed by atoms with Crippen molar-refractivity contribution < 1.29 is 0 Å². The molecule has 0 spiro atoms. The molecule has 48 heavy (non-hydrogen) atoms. The van der Waals surface area contributed by atoms with Gasteiger partial charge < -0.3 is 0 Å². The van der Waals surface area contributed by atoms with Crippen LogP contribution in [0.1, 0.15) is 0 Å². The van der Waals surface area contributed by atoms with Crippen molar-refractivity contribution in [2.24, 2.45) is 0 Å². The minimum Gasteiger partial charge on any atom is -0.256 e. The summed E-state index contributed by atoms with van der Waals surface area (Å²) in [5.41, 5.74) is 8.97. The van der Waals surface area contributed by atoms with Crippen molar-refractivity contribution in [3.05, 3.63) is 170 Å². The maximum atomic E-state index is 5.32. The summed E-state index contributed by atoms with van der Waals surface area (Å²) < 4.78 is 0. The highest BCUT2D eigenvalue weighted by molar-refractivity contribution is 6.33. The van der Waals surface area contributed by atoms with Gasteiger partial charge in [-0.15, -0.1) is 0 Å². The van der Waals surface area contributed by atoms with Crippen LogP contribution in [0.25, 0.3) is 98.4 Å². The SMILES string of the molecule is c1cnc2c(c1)cc(-c1ccc(-c3ccc(-c4nc5ccccc5c5c6ccccc6c6ccccc6c45)cc3)cc1)c1ccccc12. The Balaban J connectivity index is 1.10. The summed E-state index contributed by atoms with van der Waals surface area (Å²) in [6.07, 6.45) is 1.87. The van der Waals surface area contributed by atoms with E-state index in [1.54, 1.807) is 0 Å². The second-order valence-electron chi connectivity index (χ2n) is 12.5. The monoisotopic (exact) mass is 608 g/mol. The highest BCUT2D eigenvalue weighted by atomic mass is 14.7. The van der Waals surface area contributed by atoms with Crippen LogP contribution in [0.5, 0.6) is 0 Å². The Bertz CT molecular complexity index is 2870. The van der Waals surface area contributed by atoms with E-state index in [9.17, 15) is 0 Å². The molecule has 0 saturated carbocycles. The Morgan fingerprint density at radius 2 is 0.875 bits per heavy atom. The van der Waals surface area contributed by atoms with Gasteiger partial charge in [-0.2, -0.15) is 0 Å². The van der Waals surface area contributed by atoms with Gasteiger partial charge in [-0.3, -0.25) is 4.98 Å². The predicted molar refractivity (Wildman–Crippen MR) is 203 cm³/mol. The Kier molecular flexibility index (Phi) is 5.91. The molecule has 2 aromatic heterocycles. The van der Waals surface area contributed by atoms with Crippen LogP contribution in [-0.4, -0.2) is 9.97 Å². The third-order valence-corrected chi connectivity index (χ3v) is 9.87. The van der Waals surface area contributed by atoms with Gasteiger partial charge in [0.1, 0.15) is 0 Å². The molecule has 0 unspecified atom stereocenters. The summed E-state index contributed by atoms with van der Waals surface area (Å²) in [5, 5.41) is 12.2. The minimum absolute atomic E-state index is 1.01. The quantitative estimate of drug-likeness (QED) is 0.187. The Hall–Kier alpha value is -6.38. The van der Waals surface area contributed by atoms with E-state index in [0.717, 1.165) is 27.7 Å². The van der Waals surface area contributed by atoms with Gasteiger partial charge >= 0.3 is 0 Å². The number of para-hydroxylation sites is 1. The van der Waals surface area contributed by atoms with Crippen molar-refractivity contribution in [1.82, 2.24) is 9.97 Å². The molecule has 2 nitrogen and oxygen atoms in total. The van der Waals surface area contributed by atoms with E-state index in [2.05, 4.69) is 163 Å². The number of rotatable bonds is 3. The van der Waals surface area contributed by atoms with Gasteiger partial charge in [-0.1, -0.05) is 146 Å². The zero-order valence-electron chi connectivity index (χ0n) is 26.1. The lowest BCUT2D eigenvalue weighted by Gasteiger charge is -2.16. The third kappa shape index (κ3) is 4.06. The lowest BCUT2D eigenvalue weighted by Crippen LogP contribution is -1.93. The first-order chi connectivity index (χ1) is 23.8. The van der Waals surface area contributed by atoms with Crippen LogP contribution in [0.4, 0.5) is 0 Å². The summed E-state index contributed by atoms with van der Waals surface area (Å²) in [7, 11) is 0. The van der Waals surface area contributed by atoms with Crippen LogP contribution in [0.3, 0.4) is 0 Å². The van der Waals surface area contributed by atoms with E-state index in [0.29, 0.717) is 0 Å². The summed E-state index contributed by atoms with van der Waals surface area (Å²) in [4.78, 5) is 10.0. The van der Waals surface area contributed by atoms with E-state index in [1.165, 1.54) is 70.7 Å². The smallest absolute Gasteiger partial charge is 0.0794 e. The molecule has 0 atom stereocenters. The van der Waals surface area contributed by atoms with E-state index >= 15 is 0 Å². The van der Waals surface area contributed by atoms with Crippen LogP contribution >= 0.6 is 0 Å². The highest BCUT2D eigenvalue weighted by Crippen LogP contribution is 2.43. The Morgan fingerprint density at radius 1 is 0.354 bits per heavy atom. The molecule has 0 aliphatic rings. The van der Waals surface area contributed by atoms with E-state index in [4.69, 9.17) is 4.98 Å². The van der Waals surface area contributed by atoms with Gasteiger partial charge in [-0.05, 0) is 67.4 Å². The van der Waals surface area contributed by atoms with Crippen molar-refractivity contribution in [1.29, 1.82) is 0 Å². The van der Waals surface area contributed by atoms with E-state index in [-0.39, 0.29) is 0 Å². The molecule has 0 radical (unpaired) electrons. The number of nitrogens with zero attached hydrogens (tertiary/aromatic N) is 2. The molecule has 2 heterocycles. The lowest BCUT2D eigenvalue weighted by atomic mass is 9.89. The van der Waals surface area contributed by atoms with Crippen molar-refractivity contribution >= 4 is 64.9 Å². The van der Waals surface area contributed by atoms with Gasteiger partial charge in [0.05, 0.1) is 16.7 Å². The van der Waals surface area contributed by atoms with Gasteiger partial charge in [0.25, 0.3) is 0 Å². The van der Waals surface area contributed by atoms with Gasteiger partial charge in [0.15, 0.2) is 0 Å². The van der Waals surface area contributed by atoms with Gasteiger partial charge in [0.2, 0.25) is 0 Å². The molecule has 0 bridgehead atoms. The predicted octanol–water partition coefficient (Wildman–Crippen LogP) is 12.4. The zero-order chi connectivity index (χ0) is 31.6. The van der Waals surface area contributed by atoms with Crippen LogP contribution in [0, 0.1) is 0 Å². The third-order valence-electron chi connectivity index (χ3n) is 9.87. The number of benzene rings is 8. The fourth-order valence-corrected chi connectivity index (χ4v) is 7.65. The fraction of sp³-hybridized carbons (Fsp3) is 0. The molecule has 0 saturated heterocycles. The molecular weight excluding hydrogens is 581 g/mol. The van der Waals surface area contributed by atoms with Crippen LogP contribution in [0.2, 0.25) is 0 Å². The maximum absolute atomic E-state index is 5.32. The standard InChI is InChI=1S/C46H28N2/c1-4-14-37-34(11-1)35-12-2-5-15-38(35)44-43(37)40-17-7-8-18-42(40)48-46(44)32-25-21-30(22-26-32)29-19-23-31(24-20-29)41-28-33-10-9-27-47-45(33)39-16-6-3-13-36(39)41/h1-28H. The number of aromatic nitrogens is 2. The molecule has 0 N–H and O–H groups in total. The molecule has 10 aromatic rings. The second kappa shape index (κ2) is 10.6. The molecule has 0 aliphatic carbocycles. The summed E-state index contributed by atoms with van der Waals surface area (Å²) in [6, 6.07) is 58.9. The number of pyridine rings is 2. The van der Waals surface area contributed by atoms with E-state index in [1.807, 2.05) is 12.3 Å². The first-order valence-corrected chi connectivity index (χ1v) is 16.4. The molecular formula is C46H28N2. The highest BCUT2D eigenvalue weighted by Gasteiger charge is 2.17. The lowest BCUT2D eigenvalue weighted by molar-refractivity contribution is 1.43. The first-order valence-electron chi connectivity index (χ1n) is 16.4. The van der Waals surface area contributed by atoms with Crippen LogP contribution < -0.4 is 0 Å². The minimum atomic E-state index is 1.01. The van der Waals surface area contributed by atoms with Crippen molar-refractivity contribution in [2.45, 2.75) is 0 Å². The summed E-state index contributed by atoms with van der Waals surface area (Å²) in [6.45, 7) is 0. The normalized spacial score (nSPS) is 11.8. The first kappa shape index (κ1) is 26.8. The Morgan fingerprint density at radius 3 is 1.56 bits per heavy atom. The molecule has 10 rings (SSSR count). The van der Waals surface area contributed by atoms with E-state index < -0.39 is 0 Å². The summed E-state index contributed by atoms with van der Waals surface area (Å²) in [5.74, 6) is 0. The molecule has 0 amide bonds. The number of hydrogen-bond donors (Lipinski definition) is 0. The summed E-state index contributed by atoms with van der Waals surface area (Å²) >= 11 is 0. The van der Waals surface area contributed by atoms with Crippen molar-refractivity contribution in [3.63, 3.8) is 0 Å². The number of fused-ring (bicyclic) bond motifs is 11. The average molecular weight is 609 g/mol. The fourth-order valence-electron chi connectivity index (χ4n) is 7.65. The maximum Gasteiger partial charge on any atom is 0.0794 e. The van der Waals surface area contributed by atoms with Crippen molar-refractivity contribution in [2.75, 3.05) is 0 Å². The van der Waals surface area contributed by atoms with Crippen molar-refractivity contribution in [3.8, 4) is 33.5 Å². The largest absolute Gasteiger partial charge is 0.256 e. The average Bonchev–Trinajstić information content (AvgIpc) is 3.17. The molecule has 222 valence electrons. The van der Waals surface area contributed by atoms with Gasteiger partial charge in [0, 0.05) is 38.7 Å². The van der Waals surface area contributed by atoms with Gasteiger partial charge in [-0.25, -0.2) is 4.98 Å².